The van der Waals surface area contributed by atoms with Crippen molar-refractivity contribution in [2.75, 3.05) is 18.0 Å². The molecule has 0 unspecified atom stereocenters. The fourth-order valence-electron chi connectivity index (χ4n) is 5.05. The fourth-order valence-corrected chi connectivity index (χ4v) is 5.24. The Bertz CT molecular complexity index is 974. The Morgan fingerprint density at radius 1 is 1.10 bits per heavy atom. The summed E-state index contributed by atoms with van der Waals surface area (Å²) < 4.78 is 2.24. The van der Waals surface area contributed by atoms with Gasteiger partial charge in [-0.1, -0.05) is 24.1 Å². The van der Waals surface area contributed by atoms with Crippen LogP contribution in [0.5, 0.6) is 0 Å². The number of carbonyl (C=O) groups is 2. The van der Waals surface area contributed by atoms with Crippen LogP contribution in [0, 0.1) is 5.92 Å². The van der Waals surface area contributed by atoms with E-state index in [0.717, 1.165) is 56.0 Å². The summed E-state index contributed by atoms with van der Waals surface area (Å²) in [6.07, 6.45) is 6.55. The Morgan fingerprint density at radius 3 is 2.87 bits per heavy atom. The van der Waals surface area contributed by atoms with Gasteiger partial charge in [-0.2, -0.15) is 0 Å². The zero-order chi connectivity index (χ0) is 20.7. The first-order valence-electron chi connectivity index (χ1n) is 10.9. The molecular formula is C22H26ClN5O2. The monoisotopic (exact) mass is 427 g/mol. The van der Waals surface area contributed by atoms with Crippen molar-refractivity contribution in [3.8, 4) is 0 Å². The Balaban J connectivity index is 1.35. The molecule has 3 aliphatic rings. The van der Waals surface area contributed by atoms with E-state index >= 15 is 0 Å². The number of nitrogens with zero attached hydrogens (tertiary/aromatic N) is 5. The molecule has 1 aromatic carbocycles. The average Bonchev–Trinajstić information content (AvgIpc) is 3.42. The third-order valence-electron chi connectivity index (χ3n) is 6.57. The number of hydrogen-bond donors (Lipinski definition) is 0. The molecule has 0 N–H and O–H groups in total. The summed E-state index contributed by atoms with van der Waals surface area (Å²) in [4.78, 5) is 29.7. The molecule has 2 saturated heterocycles. The molecule has 4 heterocycles. The molecular weight excluding hydrogens is 402 g/mol. The van der Waals surface area contributed by atoms with E-state index in [1.165, 1.54) is 6.42 Å². The van der Waals surface area contributed by atoms with Crippen LogP contribution in [0.4, 0.5) is 5.69 Å². The summed E-state index contributed by atoms with van der Waals surface area (Å²) in [6, 6.07) is 7.21. The van der Waals surface area contributed by atoms with Crippen LogP contribution in [0.25, 0.3) is 0 Å². The van der Waals surface area contributed by atoms with Crippen molar-refractivity contribution >= 4 is 29.1 Å². The molecule has 2 atom stereocenters. The molecule has 0 aliphatic carbocycles. The highest BCUT2D eigenvalue weighted by atomic mass is 35.5. The Morgan fingerprint density at radius 2 is 2.00 bits per heavy atom. The summed E-state index contributed by atoms with van der Waals surface area (Å²) in [6.45, 7) is 2.05. The SMILES string of the molecule is O=C1C[C@@H](C(=O)N2CCC[C@H]2c2nnc3n2CCCCC3)CN1c1cccc(Cl)c1. The first-order chi connectivity index (χ1) is 14.6. The third-order valence-corrected chi connectivity index (χ3v) is 6.80. The van der Waals surface area contributed by atoms with Gasteiger partial charge in [-0.05, 0) is 43.9 Å². The number of halogens is 1. The van der Waals surface area contributed by atoms with Gasteiger partial charge in [-0.15, -0.1) is 10.2 Å². The van der Waals surface area contributed by atoms with E-state index in [2.05, 4.69) is 14.8 Å². The van der Waals surface area contributed by atoms with E-state index in [-0.39, 0.29) is 30.2 Å². The van der Waals surface area contributed by atoms with Gasteiger partial charge in [0.05, 0.1) is 12.0 Å². The van der Waals surface area contributed by atoms with Gasteiger partial charge in [-0.3, -0.25) is 9.59 Å². The highest BCUT2D eigenvalue weighted by Gasteiger charge is 2.42. The normalized spacial score (nSPS) is 24.2. The summed E-state index contributed by atoms with van der Waals surface area (Å²) in [5.41, 5.74) is 0.753. The number of amides is 2. The van der Waals surface area contributed by atoms with Crippen molar-refractivity contribution in [3.63, 3.8) is 0 Å². The maximum Gasteiger partial charge on any atom is 0.228 e. The molecule has 0 radical (unpaired) electrons. The predicted molar refractivity (Wildman–Crippen MR) is 113 cm³/mol. The zero-order valence-corrected chi connectivity index (χ0v) is 17.7. The van der Waals surface area contributed by atoms with Crippen LogP contribution in [-0.2, 0) is 22.6 Å². The first-order valence-corrected chi connectivity index (χ1v) is 11.3. The predicted octanol–water partition coefficient (Wildman–Crippen LogP) is 3.37. The molecule has 8 heteroatoms. The van der Waals surface area contributed by atoms with Crippen LogP contribution in [-0.4, -0.2) is 44.6 Å². The maximum absolute atomic E-state index is 13.4. The minimum Gasteiger partial charge on any atom is -0.332 e. The molecule has 7 nitrogen and oxygen atoms in total. The number of aromatic nitrogens is 3. The number of likely N-dealkylation sites (tertiary alicyclic amines) is 1. The molecule has 1 aromatic heterocycles. The van der Waals surface area contributed by atoms with Gasteiger partial charge >= 0.3 is 0 Å². The fraction of sp³-hybridized carbons (Fsp3) is 0.545. The van der Waals surface area contributed by atoms with Crippen LogP contribution in [0.15, 0.2) is 24.3 Å². The second-order valence-electron chi connectivity index (χ2n) is 8.51. The van der Waals surface area contributed by atoms with Crippen LogP contribution in [0.1, 0.15) is 56.2 Å². The summed E-state index contributed by atoms with van der Waals surface area (Å²) in [7, 11) is 0. The smallest absolute Gasteiger partial charge is 0.228 e. The molecule has 2 fully saturated rings. The van der Waals surface area contributed by atoms with Gasteiger partial charge in [0.2, 0.25) is 11.8 Å². The van der Waals surface area contributed by atoms with Gasteiger partial charge in [0.1, 0.15) is 5.82 Å². The highest BCUT2D eigenvalue weighted by molar-refractivity contribution is 6.31. The van der Waals surface area contributed by atoms with Gasteiger partial charge < -0.3 is 14.4 Å². The van der Waals surface area contributed by atoms with Crippen molar-refractivity contribution in [3.05, 3.63) is 40.9 Å². The molecule has 158 valence electrons. The van der Waals surface area contributed by atoms with Crippen molar-refractivity contribution in [2.45, 2.75) is 57.5 Å². The van der Waals surface area contributed by atoms with Crippen LogP contribution < -0.4 is 4.90 Å². The number of rotatable bonds is 3. The van der Waals surface area contributed by atoms with Gasteiger partial charge in [0, 0.05) is 43.2 Å². The zero-order valence-electron chi connectivity index (χ0n) is 17.0. The number of anilines is 1. The second kappa shape index (κ2) is 8.02. The lowest BCUT2D eigenvalue weighted by Crippen LogP contribution is -2.38. The van der Waals surface area contributed by atoms with Crippen molar-refractivity contribution in [2.24, 2.45) is 5.92 Å². The average molecular weight is 428 g/mol. The quantitative estimate of drug-likeness (QED) is 0.752. The van der Waals surface area contributed by atoms with Crippen LogP contribution in [0.2, 0.25) is 5.02 Å². The minimum atomic E-state index is -0.330. The van der Waals surface area contributed by atoms with Crippen molar-refractivity contribution in [1.82, 2.24) is 19.7 Å². The molecule has 3 aliphatic heterocycles. The lowest BCUT2D eigenvalue weighted by atomic mass is 10.1. The second-order valence-corrected chi connectivity index (χ2v) is 8.95. The Labute approximate surface area is 181 Å². The Hall–Kier alpha value is -2.41. The molecule has 2 amide bonds. The highest BCUT2D eigenvalue weighted by Crippen LogP contribution is 2.36. The summed E-state index contributed by atoms with van der Waals surface area (Å²) in [5, 5.41) is 9.51. The van der Waals surface area contributed by atoms with Gasteiger partial charge in [0.25, 0.3) is 0 Å². The number of benzene rings is 1. The number of aryl methyl sites for hydroxylation is 1. The number of carbonyl (C=O) groups excluding carboxylic acids is 2. The van der Waals surface area contributed by atoms with Crippen molar-refractivity contribution < 1.29 is 9.59 Å². The maximum atomic E-state index is 13.4. The van der Waals surface area contributed by atoms with Crippen LogP contribution >= 0.6 is 11.6 Å². The Kier molecular flexibility index (Phi) is 5.23. The van der Waals surface area contributed by atoms with E-state index in [0.29, 0.717) is 18.1 Å². The molecule has 0 saturated carbocycles. The topological polar surface area (TPSA) is 71.3 Å². The van der Waals surface area contributed by atoms with Crippen molar-refractivity contribution in [1.29, 1.82) is 0 Å². The van der Waals surface area contributed by atoms with E-state index < -0.39 is 0 Å². The first kappa shape index (κ1) is 19.5. The standard InChI is InChI=1S/C22H26ClN5O2/c23-16-6-4-7-17(13-16)28-14-15(12-20(28)29)22(30)26-11-5-8-18(26)21-25-24-19-9-2-1-3-10-27(19)21/h4,6-7,13,15,18H,1-3,5,8-12,14H2/t15-,18+/m1/s1. The van der Waals surface area contributed by atoms with E-state index in [1.807, 2.05) is 17.0 Å². The van der Waals surface area contributed by atoms with E-state index in [9.17, 15) is 9.59 Å². The molecule has 2 aromatic rings. The third kappa shape index (κ3) is 3.49. The lowest BCUT2D eigenvalue weighted by molar-refractivity contribution is -0.136. The van der Waals surface area contributed by atoms with E-state index in [4.69, 9.17) is 11.6 Å². The minimum absolute atomic E-state index is 0.0253. The molecule has 0 bridgehead atoms. The molecule has 30 heavy (non-hydrogen) atoms. The van der Waals surface area contributed by atoms with Gasteiger partial charge in [0.15, 0.2) is 5.82 Å². The molecule has 5 rings (SSSR count). The van der Waals surface area contributed by atoms with Crippen LogP contribution in [0.3, 0.4) is 0 Å². The van der Waals surface area contributed by atoms with E-state index in [1.54, 1.807) is 17.0 Å². The lowest BCUT2D eigenvalue weighted by Gasteiger charge is -2.27. The summed E-state index contributed by atoms with van der Waals surface area (Å²) >= 11 is 6.09. The number of fused-ring (bicyclic) bond motifs is 1. The summed E-state index contributed by atoms with van der Waals surface area (Å²) in [5.74, 6) is 1.67. The largest absolute Gasteiger partial charge is 0.332 e. The van der Waals surface area contributed by atoms with Gasteiger partial charge in [-0.25, -0.2) is 0 Å². The molecule has 0 spiro atoms. The number of hydrogen-bond acceptors (Lipinski definition) is 4.